The van der Waals surface area contributed by atoms with Gasteiger partial charge in [-0.3, -0.25) is 9.59 Å². The second kappa shape index (κ2) is 11.6. The lowest BCUT2D eigenvalue weighted by atomic mass is 10.1. The van der Waals surface area contributed by atoms with Gasteiger partial charge in [-0.15, -0.1) is 0 Å². The van der Waals surface area contributed by atoms with Crippen molar-refractivity contribution in [2.24, 2.45) is 5.73 Å². The molecular weight excluding hydrogens is 507 g/mol. The van der Waals surface area contributed by atoms with Gasteiger partial charge >= 0.3 is 0 Å². The summed E-state index contributed by atoms with van der Waals surface area (Å²) in [5, 5.41) is 10.1. The second-order valence-electron chi connectivity index (χ2n) is 8.69. The van der Waals surface area contributed by atoms with Gasteiger partial charge in [-0.1, -0.05) is 53.0 Å². The molecule has 0 bridgehead atoms. The van der Waals surface area contributed by atoms with E-state index in [9.17, 15) is 9.59 Å². The summed E-state index contributed by atoms with van der Waals surface area (Å²) in [7, 11) is 0. The van der Waals surface area contributed by atoms with Crippen LogP contribution in [0, 0.1) is 0 Å². The molecule has 0 unspecified atom stereocenters. The maximum atomic E-state index is 13.2. The quantitative estimate of drug-likeness (QED) is 0.413. The van der Waals surface area contributed by atoms with E-state index in [0.29, 0.717) is 59.7 Å². The van der Waals surface area contributed by atoms with Crippen LogP contribution in [0.2, 0.25) is 15.1 Å². The predicted molar refractivity (Wildman–Crippen MR) is 142 cm³/mol. The number of carbonyl (C=O) groups is 2. The number of nitrogens with one attached hydrogen (secondary N) is 2. The molecule has 0 spiro atoms. The number of hydrogen-bond acceptors (Lipinski definition) is 4. The smallest absolute Gasteiger partial charge is 0.251 e. The van der Waals surface area contributed by atoms with Crippen molar-refractivity contribution >= 4 is 57.4 Å². The molecule has 1 saturated heterocycles. The molecule has 6 nitrogen and oxygen atoms in total. The number of amides is 2. The van der Waals surface area contributed by atoms with E-state index in [2.05, 4.69) is 10.6 Å². The van der Waals surface area contributed by atoms with Gasteiger partial charge in [0.2, 0.25) is 5.91 Å². The minimum absolute atomic E-state index is 0.0246. The number of rotatable bonds is 7. The monoisotopic (exact) mass is 532 g/mol. The van der Waals surface area contributed by atoms with E-state index in [1.54, 1.807) is 29.2 Å². The Morgan fingerprint density at radius 1 is 1.03 bits per heavy atom. The first kappa shape index (κ1) is 25.7. The van der Waals surface area contributed by atoms with E-state index in [0.717, 1.165) is 16.3 Å². The molecule has 0 radical (unpaired) electrons. The van der Waals surface area contributed by atoms with Crippen LogP contribution in [-0.2, 0) is 11.3 Å². The highest BCUT2D eigenvalue weighted by atomic mass is 35.5. The van der Waals surface area contributed by atoms with Gasteiger partial charge in [-0.25, -0.2) is 0 Å². The highest BCUT2D eigenvalue weighted by Crippen LogP contribution is 2.24. The lowest BCUT2D eigenvalue weighted by Crippen LogP contribution is -2.49. The molecule has 4 rings (SSSR count). The van der Waals surface area contributed by atoms with Crippen molar-refractivity contribution in [3.63, 3.8) is 0 Å². The number of nitrogens with zero attached hydrogens (tertiary/aromatic N) is 1. The number of hydrogen-bond donors (Lipinski definition) is 3. The van der Waals surface area contributed by atoms with Crippen LogP contribution in [0.25, 0.3) is 10.8 Å². The van der Waals surface area contributed by atoms with E-state index < -0.39 is 6.04 Å². The van der Waals surface area contributed by atoms with E-state index in [1.807, 2.05) is 30.3 Å². The lowest BCUT2D eigenvalue weighted by molar-refractivity contribution is -0.133. The Morgan fingerprint density at radius 3 is 2.51 bits per heavy atom. The molecule has 2 atom stereocenters. The minimum atomic E-state index is -0.430. The van der Waals surface area contributed by atoms with Crippen LogP contribution in [0.4, 0.5) is 0 Å². The van der Waals surface area contributed by atoms with Crippen LogP contribution in [0.5, 0.6) is 0 Å². The normalized spacial score (nSPS) is 18.5. The number of halogens is 3. The van der Waals surface area contributed by atoms with Crippen molar-refractivity contribution < 1.29 is 9.59 Å². The van der Waals surface area contributed by atoms with Gasteiger partial charge in [0.1, 0.15) is 0 Å². The topological polar surface area (TPSA) is 87.5 Å². The molecule has 35 heavy (non-hydrogen) atoms. The lowest BCUT2D eigenvalue weighted by Gasteiger charge is -2.25. The molecule has 0 aliphatic carbocycles. The van der Waals surface area contributed by atoms with E-state index in [4.69, 9.17) is 40.5 Å². The summed E-state index contributed by atoms with van der Waals surface area (Å²) in [4.78, 5) is 27.8. The zero-order valence-electron chi connectivity index (χ0n) is 19.1. The van der Waals surface area contributed by atoms with Crippen LogP contribution in [-0.4, -0.2) is 48.4 Å². The minimum Gasteiger partial charge on any atom is -0.350 e. The Bertz CT molecular complexity index is 1240. The van der Waals surface area contributed by atoms with Crippen molar-refractivity contribution in [1.82, 2.24) is 15.5 Å². The Labute approximate surface area is 219 Å². The van der Waals surface area contributed by atoms with E-state index >= 15 is 0 Å². The van der Waals surface area contributed by atoms with Crippen molar-refractivity contribution in [2.75, 3.05) is 19.6 Å². The zero-order valence-corrected chi connectivity index (χ0v) is 21.3. The summed E-state index contributed by atoms with van der Waals surface area (Å²) in [5.41, 5.74) is 7.19. The van der Waals surface area contributed by atoms with Gasteiger partial charge < -0.3 is 21.3 Å². The molecule has 3 aromatic carbocycles. The highest BCUT2D eigenvalue weighted by Gasteiger charge is 2.30. The first-order chi connectivity index (χ1) is 16.8. The van der Waals surface area contributed by atoms with E-state index in [-0.39, 0.29) is 17.9 Å². The Balaban J connectivity index is 1.42. The summed E-state index contributed by atoms with van der Waals surface area (Å²) in [5.74, 6) is -0.192. The van der Waals surface area contributed by atoms with Crippen molar-refractivity contribution in [3.05, 3.63) is 80.8 Å². The third-order valence-electron chi connectivity index (χ3n) is 6.20. The van der Waals surface area contributed by atoms with Crippen molar-refractivity contribution in [2.45, 2.75) is 31.5 Å². The summed E-state index contributed by atoms with van der Waals surface area (Å²) < 4.78 is 0. The van der Waals surface area contributed by atoms with Crippen LogP contribution in [0.3, 0.4) is 0 Å². The largest absolute Gasteiger partial charge is 0.350 e. The molecule has 1 heterocycles. The SMILES string of the molecule is NCC[C@H]1N[C@@H](CNC(=O)c2ccc3cc(Cl)ccc3c2)CCN(Cc2ccc(Cl)cc2Cl)C1=O. The van der Waals surface area contributed by atoms with Crippen LogP contribution in [0.1, 0.15) is 28.8 Å². The molecule has 9 heteroatoms. The molecule has 0 saturated carbocycles. The summed E-state index contributed by atoms with van der Waals surface area (Å²) >= 11 is 18.4. The van der Waals surface area contributed by atoms with Crippen LogP contribution < -0.4 is 16.4 Å². The Kier molecular flexibility index (Phi) is 8.52. The average Bonchev–Trinajstić information content (AvgIpc) is 2.98. The maximum absolute atomic E-state index is 13.2. The zero-order chi connectivity index (χ0) is 24.9. The molecule has 1 aliphatic heterocycles. The fourth-order valence-electron chi connectivity index (χ4n) is 4.30. The van der Waals surface area contributed by atoms with Crippen molar-refractivity contribution in [3.8, 4) is 0 Å². The maximum Gasteiger partial charge on any atom is 0.251 e. The average molecular weight is 534 g/mol. The van der Waals surface area contributed by atoms with Gasteiger partial charge in [-0.2, -0.15) is 0 Å². The Morgan fingerprint density at radius 2 is 1.74 bits per heavy atom. The first-order valence-electron chi connectivity index (χ1n) is 11.5. The number of nitrogens with two attached hydrogens (primary N) is 1. The second-order valence-corrected chi connectivity index (χ2v) is 9.97. The molecular formula is C26H27Cl3N4O2. The summed E-state index contributed by atoms with van der Waals surface area (Å²) in [6, 6.07) is 15.9. The van der Waals surface area contributed by atoms with Gasteiger partial charge in [-0.05, 0) is 72.1 Å². The predicted octanol–water partition coefficient (Wildman–Crippen LogP) is 4.64. The molecule has 2 amide bonds. The van der Waals surface area contributed by atoms with Crippen LogP contribution in [0.15, 0.2) is 54.6 Å². The van der Waals surface area contributed by atoms with Crippen LogP contribution >= 0.6 is 34.8 Å². The number of carbonyl (C=O) groups excluding carboxylic acids is 2. The molecule has 1 aliphatic rings. The Hall–Kier alpha value is -2.35. The molecule has 3 aromatic rings. The van der Waals surface area contributed by atoms with Gasteiger partial charge in [0.25, 0.3) is 5.91 Å². The van der Waals surface area contributed by atoms with Gasteiger partial charge in [0.05, 0.1) is 6.04 Å². The highest BCUT2D eigenvalue weighted by molar-refractivity contribution is 6.35. The fraction of sp³-hybridized carbons (Fsp3) is 0.308. The fourth-order valence-corrected chi connectivity index (χ4v) is 4.95. The number of benzene rings is 3. The summed E-state index contributed by atoms with van der Waals surface area (Å²) in [6.45, 7) is 1.68. The summed E-state index contributed by atoms with van der Waals surface area (Å²) in [6.07, 6.45) is 1.18. The third kappa shape index (κ3) is 6.46. The van der Waals surface area contributed by atoms with Crippen molar-refractivity contribution in [1.29, 1.82) is 0 Å². The third-order valence-corrected chi connectivity index (χ3v) is 7.02. The first-order valence-corrected chi connectivity index (χ1v) is 12.6. The molecule has 1 fully saturated rings. The number of fused-ring (bicyclic) bond motifs is 1. The van der Waals surface area contributed by atoms with Gasteiger partial charge in [0.15, 0.2) is 0 Å². The van der Waals surface area contributed by atoms with E-state index in [1.165, 1.54) is 0 Å². The standard InChI is InChI=1S/C26H27Cl3N4O2/c27-20-5-3-16-11-18(2-1-17(16)12-20)25(34)31-14-22-8-10-33(26(35)24(32-22)7-9-30)15-19-4-6-21(28)13-23(19)29/h1-6,11-13,22,24,32H,7-10,14-15,30H2,(H,31,34)/t22-,24-/m1/s1. The van der Waals surface area contributed by atoms with Gasteiger partial charge in [0, 0.05) is 46.3 Å². The molecule has 0 aromatic heterocycles. The molecule has 184 valence electrons. The molecule has 4 N–H and O–H groups in total.